The Morgan fingerprint density at radius 1 is 1.40 bits per heavy atom. The fourth-order valence-electron chi connectivity index (χ4n) is 2.94. The highest BCUT2D eigenvalue weighted by Crippen LogP contribution is 2.29. The second-order valence-corrected chi connectivity index (χ2v) is 5.46. The van der Waals surface area contributed by atoms with E-state index in [4.69, 9.17) is 10.5 Å². The van der Waals surface area contributed by atoms with Gasteiger partial charge >= 0.3 is 0 Å². The molecule has 110 valence electrons. The van der Waals surface area contributed by atoms with Gasteiger partial charge < -0.3 is 15.8 Å². The van der Waals surface area contributed by atoms with E-state index in [9.17, 15) is 4.79 Å². The summed E-state index contributed by atoms with van der Waals surface area (Å²) >= 11 is 0. The normalized spacial score (nSPS) is 22.3. The maximum atomic E-state index is 12.3. The maximum absolute atomic E-state index is 12.3. The lowest BCUT2D eigenvalue weighted by atomic mass is 9.79. The van der Waals surface area contributed by atoms with Crippen LogP contribution < -0.4 is 15.8 Å². The number of hydrogen-bond donors (Lipinski definition) is 2. The van der Waals surface area contributed by atoms with Crippen LogP contribution in [0, 0.1) is 11.8 Å². The van der Waals surface area contributed by atoms with Gasteiger partial charge in [-0.3, -0.25) is 4.79 Å². The molecule has 2 rings (SSSR count). The predicted molar refractivity (Wildman–Crippen MR) is 79.3 cm³/mol. The number of hydrogen-bond acceptors (Lipinski definition) is 3. The fourth-order valence-corrected chi connectivity index (χ4v) is 2.94. The van der Waals surface area contributed by atoms with E-state index in [0.29, 0.717) is 19.0 Å². The number of ether oxygens (including phenoxy) is 1. The third kappa shape index (κ3) is 3.73. The Balaban J connectivity index is 1.90. The number of amides is 1. The molecule has 2 unspecified atom stereocenters. The third-order valence-electron chi connectivity index (χ3n) is 4.15. The van der Waals surface area contributed by atoms with Gasteiger partial charge in [0.05, 0.1) is 7.11 Å². The van der Waals surface area contributed by atoms with Gasteiger partial charge in [-0.25, -0.2) is 0 Å². The molecule has 20 heavy (non-hydrogen) atoms. The highest BCUT2D eigenvalue weighted by Gasteiger charge is 2.29. The van der Waals surface area contributed by atoms with E-state index < -0.39 is 0 Å². The Labute approximate surface area is 120 Å². The Morgan fingerprint density at radius 3 is 2.95 bits per heavy atom. The summed E-state index contributed by atoms with van der Waals surface area (Å²) in [5, 5.41) is 3.03. The summed E-state index contributed by atoms with van der Waals surface area (Å²) in [4.78, 5) is 12.3. The SMILES string of the molecule is COc1cccc(CNC(=O)C2CCCCC2CN)c1. The Morgan fingerprint density at radius 2 is 2.20 bits per heavy atom. The zero-order valence-corrected chi connectivity index (χ0v) is 12.1. The van der Waals surface area contributed by atoms with Crippen molar-refractivity contribution in [3.05, 3.63) is 29.8 Å². The molecule has 2 atom stereocenters. The van der Waals surface area contributed by atoms with E-state index in [-0.39, 0.29) is 11.8 Å². The molecule has 0 saturated heterocycles. The van der Waals surface area contributed by atoms with E-state index >= 15 is 0 Å². The topological polar surface area (TPSA) is 64.3 Å². The van der Waals surface area contributed by atoms with Crippen molar-refractivity contribution in [1.29, 1.82) is 0 Å². The van der Waals surface area contributed by atoms with E-state index in [0.717, 1.165) is 30.6 Å². The molecule has 0 aliphatic heterocycles. The molecule has 0 aromatic heterocycles. The van der Waals surface area contributed by atoms with Crippen LogP contribution in [0.1, 0.15) is 31.2 Å². The first-order valence-corrected chi connectivity index (χ1v) is 7.35. The van der Waals surface area contributed by atoms with Crippen molar-refractivity contribution in [2.75, 3.05) is 13.7 Å². The second kappa shape index (κ2) is 7.29. The molecule has 1 saturated carbocycles. The van der Waals surface area contributed by atoms with Gasteiger partial charge in [0.2, 0.25) is 5.91 Å². The van der Waals surface area contributed by atoms with Crippen LogP contribution in [-0.2, 0) is 11.3 Å². The molecule has 4 heteroatoms. The zero-order valence-electron chi connectivity index (χ0n) is 12.1. The molecule has 1 aliphatic rings. The van der Waals surface area contributed by atoms with Crippen molar-refractivity contribution in [3.63, 3.8) is 0 Å². The predicted octanol–water partition coefficient (Wildman–Crippen LogP) is 2.08. The van der Waals surface area contributed by atoms with Gasteiger partial charge in [0.25, 0.3) is 0 Å². The molecule has 4 nitrogen and oxygen atoms in total. The summed E-state index contributed by atoms with van der Waals surface area (Å²) in [6.07, 6.45) is 4.37. The fraction of sp³-hybridized carbons (Fsp3) is 0.562. The molecule has 1 aliphatic carbocycles. The summed E-state index contributed by atoms with van der Waals surface area (Å²) in [6.45, 7) is 1.15. The van der Waals surface area contributed by atoms with Gasteiger partial charge in [-0.05, 0) is 43.0 Å². The van der Waals surface area contributed by atoms with Crippen LogP contribution in [0.3, 0.4) is 0 Å². The smallest absolute Gasteiger partial charge is 0.223 e. The minimum absolute atomic E-state index is 0.0827. The number of carbonyl (C=O) groups is 1. The van der Waals surface area contributed by atoms with Crippen LogP contribution in [0.2, 0.25) is 0 Å². The Kier molecular flexibility index (Phi) is 5.41. The van der Waals surface area contributed by atoms with Gasteiger partial charge in [0, 0.05) is 12.5 Å². The Bertz CT molecular complexity index is 448. The molecule has 0 bridgehead atoms. The Hall–Kier alpha value is -1.55. The largest absolute Gasteiger partial charge is 0.497 e. The maximum Gasteiger partial charge on any atom is 0.223 e. The van der Waals surface area contributed by atoms with Crippen LogP contribution in [0.25, 0.3) is 0 Å². The van der Waals surface area contributed by atoms with Gasteiger partial charge in [0.15, 0.2) is 0 Å². The van der Waals surface area contributed by atoms with Crippen molar-refractivity contribution in [1.82, 2.24) is 5.32 Å². The molecule has 0 radical (unpaired) electrons. The first-order chi connectivity index (χ1) is 9.74. The standard InChI is InChI=1S/C16H24N2O2/c1-20-14-7-4-5-12(9-14)11-18-16(19)15-8-3-2-6-13(15)10-17/h4-5,7,9,13,15H,2-3,6,8,10-11,17H2,1H3,(H,18,19). The molecule has 3 N–H and O–H groups in total. The summed E-state index contributed by atoms with van der Waals surface area (Å²) in [5.74, 6) is 1.38. The van der Waals surface area contributed by atoms with E-state index in [1.807, 2.05) is 24.3 Å². The van der Waals surface area contributed by atoms with Gasteiger partial charge in [-0.1, -0.05) is 25.0 Å². The number of nitrogens with two attached hydrogens (primary N) is 1. The third-order valence-corrected chi connectivity index (χ3v) is 4.15. The van der Waals surface area contributed by atoms with Crippen molar-refractivity contribution < 1.29 is 9.53 Å². The monoisotopic (exact) mass is 276 g/mol. The molecule has 1 aromatic carbocycles. The average Bonchev–Trinajstić information content (AvgIpc) is 2.52. The van der Waals surface area contributed by atoms with Gasteiger partial charge in [-0.2, -0.15) is 0 Å². The van der Waals surface area contributed by atoms with Crippen LogP contribution in [0.5, 0.6) is 5.75 Å². The van der Waals surface area contributed by atoms with Crippen LogP contribution in [0.4, 0.5) is 0 Å². The highest BCUT2D eigenvalue weighted by atomic mass is 16.5. The highest BCUT2D eigenvalue weighted by molar-refractivity contribution is 5.79. The molecule has 1 amide bonds. The number of methoxy groups -OCH3 is 1. The number of carbonyl (C=O) groups excluding carboxylic acids is 1. The van der Waals surface area contributed by atoms with Crippen molar-refractivity contribution in [2.24, 2.45) is 17.6 Å². The van der Waals surface area contributed by atoms with Crippen LogP contribution >= 0.6 is 0 Å². The van der Waals surface area contributed by atoms with Gasteiger partial charge in [0.1, 0.15) is 5.75 Å². The molecule has 1 fully saturated rings. The number of nitrogens with one attached hydrogen (secondary N) is 1. The zero-order chi connectivity index (χ0) is 14.4. The van der Waals surface area contributed by atoms with E-state index in [1.54, 1.807) is 7.11 Å². The molecular weight excluding hydrogens is 252 g/mol. The lowest BCUT2D eigenvalue weighted by Gasteiger charge is -2.29. The lowest BCUT2D eigenvalue weighted by molar-refractivity contribution is -0.127. The second-order valence-electron chi connectivity index (χ2n) is 5.46. The van der Waals surface area contributed by atoms with Crippen molar-refractivity contribution >= 4 is 5.91 Å². The average molecular weight is 276 g/mol. The molecule has 0 spiro atoms. The summed E-state index contributed by atoms with van der Waals surface area (Å²) < 4.78 is 5.18. The van der Waals surface area contributed by atoms with Crippen LogP contribution in [-0.4, -0.2) is 19.6 Å². The van der Waals surface area contributed by atoms with E-state index in [2.05, 4.69) is 5.32 Å². The van der Waals surface area contributed by atoms with Gasteiger partial charge in [-0.15, -0.1) is 0 Å². The van der Waals surface area contributed by atoms with E-state index in [1.165, 1.54) is 6.42 Å². The minimum Gasteiger partial charge on any atom is -0.497 e. The molecule has 1 aromatic rings. The first-order valence-electron chi connectivity index (χ1n) is 7.35. The quantitative estimate of drug-likeness (QED) is 0.865. The summed E-state index contributed by atoms with van der Waals surface area (Å²) in [7, 11) is 1.64. The van der Waals surface area contributed by atoms with Crippen molar-refractivity contribution in [3.8, 4) is 5.75 Å². The number of rotatable bonds is 5. The summed E-state index contributed by atoms with van der Waals surface area (Å²) in [5.41, 5.74) is 6.83. The first kappa shape index (κ1) is 14.9. The molecular formula is C16H24N2O2. The van der Waals surface area contributed by atoms with Crippen LogP contribution in [0.15, 0.2) is 24.3 Å². The summed E-state index contributed by atoms with van der Waals surface area (Å²) in [6, 6.07) is 7.77. The molecule has 0 heterocycles. The number of benzene rings is 1. The lowest BCUT2D eigenvalue weighted by Crippen LogP contribution is -2.39. The van der Waals surface area contributed by atoms with Crippen molar-refractivity contribution in [2.45, 2.75) is 32.2 Å². The minimum atomic E-state index is 0.0827.